The highest BCUT2D eigenvalue weighted by atomic mass is 32.2. The number of rotatable bonds is 5. The molecule has 0 saturated carbocycles. The summed E-state index contributed by atoms with van der Waals surface area (Å²) in [5, 5.41) is 3.50. The van der Waals surface area contributed by atoms with Crippen LogP contribution >= 0.6 is 11.5 Å². The Labute approximate surface area is 122 Å². The topological polar surface area (TPSA) is 94.0 Å². The highest BCUT2D eigenvalue weighted by Crippen LogP contribution is 2.12. The molecule has 7 nitrogen and oxygen atoms in total. The predicted molar refractivity (Wildman–Crippen MR) is 69.7 cm³/mol. The molecule has 0 radical (unpaired) electrons. The lowest BCUT2D eigenvalue weighted by Gasteiger charge is -2.02. The first kappa shape index (κ1) is 15.5. The minimum absolute atomic E-state index is 0.135. The Morgan fingerprint density at radius 1 is 1.52 bits per heavy atom. The summed E-state index contributed by atoms with van der Waals surface area (Å²) in [5.41, 5.74) is 0.590. The SMILES string of the molecule is Cc1cc(C(=O)NS(=O)(=O)c2cnn(CC(F)F)c2)sn1. The van der Waals surface area contributed by atoms with Gasteiger partial charge in [-0.2, -0.15) is 9.47 Å². The molecule has 0 aliphatic carbocycles. The number of alkyl halides is 2. The van der Waals surface area contributed by atoms with Crippen LogP contribution in [0.3, 0.4) is 0 Å². The van der Waals surface area contributed by atoms with Gasteiger partial charge in [0, 0.05) is 6.20 Å². The molecule has 2 aromatic heterocycles. The number of sulfonamides is 1. The average Bonchev–Trinajstić information content (AvgIpc) is 2.97. The zero-order valence-corrected chi connectivity index (χ0v) is 12.3. The van der Waals surface area contributed by atoms with Crippen LogP contribution < -0.4 is 4.72 Å². The van der Waals surface area contributed by atoms with Crippen molar-refractivity contribution in [3.05, 3.63) is 29.0 Å². The molecule has 0 unspecified atom stereocenters. The van der Waals surface area contributed by atoms with Crippen molar-refractivity contribution in [1.29, 1.82) is 0 Å². The summed E-state index contributed by atoms with van der Waals surface area (Å²) in [4.78, 5) is 11.5. The maximum atomic E-state index is 12.2. The van der Waals surface area contributed by atoms with E-state index < -0.39 is 28.9 Å². The highest BCUT2D eigenvalue weighted by molar-refractivity contribution is 7.90. The molecule has 2 heterocycles. The minimum atomic E-state index is -4.16. The first-order valence-electron chi connectivity index (χ1n) is 5.59. The van der Waals surface area contributed by atoms with E-state index in [4.69, 9.17) is 0 Å². The van der Waals surface area contributed by atoms with E-state index in [-0.39, 0.29) is 9.77 Å². The molecule has 0 fully saturated rings. The number of nitrogens with one attached hydrogen (secondary N) is 1. The van der Waals surface area contributed by atoms with Gasteiger partial charge in [0.15, 0.2) is 0 Å². The molecular weight excluding hydrogens is 326 g/mol. The lowest BCUT2D eigenvalue weighted by atomic mass is 10.4. The van der Waals surface area contributed by atoms with Crippen LogP contribution in [0.25, 0.3) is 0 Å². The molecule has 1 amide bonds. The van der Waals surface area contributed by atoms with Crippen LogP contribution in [-0.4, -0.2) is 34.9 Å². The van der Waals surface area contributed by atoms with Gasteiger partial charge in [0.1, 0.15) is 16.3 Å². The van der Waals surface area contributed by atoms with E-state index in [0.717, 1.165) is 28.6 Å². The Hall–Kier alpha value is -1.88. The predicted octanol–water partition coefficient (Wildman–Crippen LogP) is 1.03. The monoisotopic (exact) mass is 336 g/mol. The number of nitrogens with zero attached hydrogens (tertiary/aromatic N) is 3. The molecule has 0 aliphatic rings. The first-order chi connectivity index (χ1) is 9.78. The van der Waals surface area contributed by atoms with E-state index in [1.807, 2.05) is 4.72 Å². The molecule has 2 rings (SSSR count). The third-order valence-electron chi connectivity index (χ3n) is 2.32. The molecule has 0 bridgehead atoms. The van der Waals surface area contributed by atoms with Crippen LogP contribution in [0, 0.1) is 6.92 Å². The summed E-state index contributed by atoms with van der Waals surface area (Å²) >= 11 is 0.861. The number of hydrogen-bond donors (Lipinski definition) is 1. The van der Waals surface area contributed by atoms with E-state index in [1.165, 1.54) is 6.07 Å². The van der Waals surface area contributed by atoms with Crippen LogP contribution in [0.5, 0.6) is 0 Å². The van der Waals surface area contributed by atoms with Gasteiger partial charge in [0.25, 0.3) is 22.4 Å². The van der Waals surface area contributed by atoms with Crippen molar-refractivity contribution in [1.82, 2.24) is 18.9 Å². The van der Waals surface area contributed by atoms with Gasteiger partial charge >= 0.3 is 0 Å². The van der Waals surface area contributed by atoms with E-state index >= 15 is 0 Å². The van der Waals surface area contributed by atoms with Crippen LogP contribution in [0.4, 0.5) is 8.78 Å². The maximum Gasteiger partial charge on any atom is 0.276 e. The second-order valence-electron chi connectivity index (χ2n) is 4.06. The number of carbonyl (C=O) groups excluding carboxylic acids is 1. The number of amides is 1. The average molecular weight is 336 g/mol. The standard InChI is InChI=1S/C10H10F2N4O3S2/c1-6-2-8(20-14-6)10(17)15-21(18,19)7-3-13-16(4-7)5-9(11)12/h2-4,9H,5H2,1H3,(H,15,17). The smallest absolute Gasteiger partial charge is 0.267 e. The van der Waals surface area contributed by atoms with E-state index in [0.29, 0.717) is 5.69 Å². The molecule has 0 saturated heterocycles. The van der Waals surface area contributed by atoms with Gasteiger partial charge in [-0.15, -0.1) is 0 Å². The molecular formula is C10H10F2N4O3S2. The van der Waals surface area contributed by atoms with Gasteiger partial charge in [-0.1, -0.05) is 0 Å². The quantitative estimate of drug-likeness (QED) is 0.880. The molecule has 2 aromatic rings. The van der Waals surface area contributed by atoms with Gasteiger partial charge in [-0.25, -0.2) is 21.9 Å². The van der Waals surface area contributed by atoms with E-state index in [9.17, 15) is 22.0 Å². The van der Waals surface area contributed by atoms with E-state index in [1.54, 1.807) is 6.92 Å². The van der Waals surface area contributed by atoms with Crippen LogP contribution in [0.15, 0.2) is 23.4 Å². The lowest BCUT2D eigenvalue weighted by Crippen LogP contribution is -2.29. The van der Waals surface area contributed by atoms with Gasteiger partial charge in [0.2, 0.25) is 0 Å². The molecule has 114 valence electrons. The summed E-state index contributed by atoms with van der Waals surface area (Å²) in [6, 6.07) is 1.44. The minimum Gasteiger partial charge on any atom is -0.267 e. The summed E-state index contributed by atoms with van der Waals surface area (Å²) in [5.74, 6) is -0.831. The summed E-state index contributed by atoms with van der Waals surface area (Å²) in [7, 11) is -4.16. The summed E-state index contributed by atoms with van der Waals surface area (Å²) in [6.45, 7) is 0.938. The zero-order chi connectivity index (χ0) is 15.6. The molecule has 1 N–H and O–H groups in total. The number of halogens is 2. The molecule has 0 aromatic carbocycles. The van der Waals surface area contributed by atoms with E-state index in [2.05, 4.69) is 9.47 Å². The molecule has 0 spiro atoms. The van der Waals surface area contributed by atoms with Crippen molar-refractivity contribution >= 4 is 27.5 Å². The van der Waals surface area contributed by atoms with Crippen molar-refractivity contribution in [2.24, 2.45) is 0 Å². The van der Waals surface area contributed by atoms with Crippen LogP contribution in [-0.2, 0) is 16.6 Å². The van der Waals surface area contributed by atoms with Gasteiger partial charge in [-0.3, -0.25) is 9.48 Å². The van der Waals surface area contributed by atoms with Crippen LogP contribution in [0.2, 0.25) is 0 Å². The van der Waals surface area contributed by atoms with Crippen molar-refractivity contribution in [3.8, 4) is 0 Å². The van der Waals surface area contributed by atoms with Gasteiger partial charge in [0.05, 0.1) is 11.9 Å². The third-order valence-corrected chi connectivity index (χ3v) is 4.49. The Morgan fingerprint density at radius 3 is 2.81 bits per heavy atom. The number of hydrogen-bond acceptors (Lipinski definition) is 6. The molecule has 11 heteroatoms. The van der Waals surface area contributed by atoms with Crippen molar-refractivity contribution in [2.45, 2.75) is 24.8 Å². The molecule has 0 aliphatic heterocycles. The fourth-order valence-electron chi connectivity index (χ4n) is 1.43. The number of carbonyl (C=O) groups is 1. The van der Waals surface area contributed by atoms with Crippen molar-refractivity contribution < 1.29 is 22.0 Å². The second-order valence-corrected chi connectivity index (χ2v) is 6.54. The Kier molecular flexibility index (Phi) is 4.32. The number of aromatic nitrogens is 3. The van der Waals surface area contributed by atoms with Gasteiger partial charge in [-0.05, 0) is 24.5 Å². The number of aryl methyl sites for hydroxylation is 1. The summed E-state index contributed by atoms with van der Waals surface area (Å²) in [6.07, 6.45) is -0.828. The second kappa shape index (κ2) is 5.85. The van der Waals surface area contributed by atoms with Crippen molar-refractivity contribution in [2.75, 3.05) is 0 Å². The fourth-order valence-corrected chi connectivity index (χ4v) is 3.06. The first-order valence-corrected chi connectivity index (χ1v) is 7.84. The fraction of sp³-hybridized carbons (Fsp3) is 0.300. The van der Waals surface area contributed by atoms with Crippen molar-refractivity contribution in [3.63, 3.8) is 0 Å². The Bertz CT molecular complexity index is 754. The van der Waals surface area contributed by atoms with Gasteiger partial charge < -0.3 is 0 Å². The van der Waals surface area contributed by atoms with Crippen LogP contribution in [0.1, 0.15) is 15.4 Å². The summed E-state index contributed by atoms with van der Waals surface area (Å²) < 4.78 is 54.7. The largest absolute Gasteiger partial charge is 0.276 e. The lowest BCUT2D eigenvalue weighted by molar-refractivity contribution is 0.0985. The normalized spacial score (nSPS) is 11.8. The molecule has 21 heavy (non-hydrogen) atoms. The highest BCUT2D eigenvalue weighted by Gasteiger charge is 2.22. The molecule has 0 atom stereocenters. The Morgan fingerprint density at radius 2 is 2.24 bits per heavy atom. The maximum absolute atomic E-state index is 12.2. The Balaban J connectivity index is 2.14. The third kappa shape index (κ3) is 3.82. The zero-order valence-electron chi connectivity index (χ0n) is 10.7.